The van der Waals surface area contributed by atoms with Gasteiger partial charge in [-0.3, -0.25) is 9.27 Å². The van der Waals surface area contributed by atoms with Gasteiger partial charge in [0.05, 0.1) is 21.2 Å². The molecule has 0 amide bonds. The maximum atomic E-state index is 12.4. The predicted molar refractivity (Wildman–Crippen MR) is 122 cm³/mol. The van der Waals surface area contributed by atoms with E-state index in [1.807, 2.05) is 0 Å². The second kappa shape index (κ2) is 8.27. The molecular formula is C19H15N5O5S3. The third-order valence-electron chi connectivity index (χ3n) is 4.37. The number of sulfonamides is 1. The molecule has 4 aromatic rings. The minimum atomic E-state index is -4.41. The van der Waals surface area contributed by atoms with Gasteiger partial charge in [0.25, 0.3) is 20.1 Å². The molecule has 0 unspecified atom stereocenters. The topological polar surface area (TPSA) is 164 Å². The monoisotopic (exact) mass is 489 g/mol. The number of nitrogens with one attached hydrogen (secondary N) is 1. The molecule has 0 radical (unpaired) electrons. The van der Waals surface area contributed by atoms with Crippen LogP contribution < -0.4 is 10.5 Å². The summed E-state index contributed by atoms with van der Waals surface area (Å²) in [6, 6.07) is 12.8. The smallest absolute Gasteiger partial charge is 0.294 e. The van der Waals surface area contributed by atoms with Crippen molar-refractivity contribution in [2.45, 2.75) is 9.79 Å². The van der Waals surface area contributed by atoms with Crippen LogP contribution in [0.5, 0.6) is 0 Å². The molecule has 4 rings (SSSR count). The molecule has 0 aliphatic carbocycles. The number of anilines is 2. The maximum absolute atomic E-state index is 12.4. The minimum Gasteiger partial charge on any atom is -0.398 e. The van der Waals surface area contributed by atoms with Crippen LogP contribution in [-0.4, -0.2) is 26.4 Å². The van der Waals surface area contributed by atoms with Gasteiger partial charge in [-0.2, -0.15) is 13.5 Å². The normalized spacial score (nSPS) is 12.4. The highest BCUT2D eigenvalue weighted by Crippen LogP contribution is 2.33. The maximum Gasteiger partial charge on any atom is 0.294 e. The predicted octanol–water partition coefficient (Wildman–Crippen LogP) is 4.34. The Kier molecular flexibility index (Phi) is 5.64. The highest BCUT2D eigenvalue weighted by Gasteiger charge is 2.15. The van der Waals surface area contributed by atoms with E-state index >= 15 is 0 Å². The molecule has 1 heterocycles. The van der Waals surface area contributed by atoms with Crippen LogP contribution in [0.2, 0.25) is 0 Å². The van der Waals surface area contributed by atoms with Gasteiger partial charge in [-0.15, -0.1) is 16.5 Å². The Morgan fingerprint density at radius 2 is 1.62 bits per heavy atom. The van der Waals surface area contributed by atoms with Crippen molar-refractivity contribution in [1.29, 1.82) is 0 Å². The van der Waals surface area contributed by atoms with Crippen molar-refractivity contribution in [1.82, 2.24) is 4.98 Å². The quantitative estimate of drug-likeness (QED) is 0.206. The molecule has 10 nitrogen and oxygen atoms in total. The molecule has 4 N–H and O–H groups in total. The Morgan fingerprint density at radius 1 is 0.906 bits per heavy atom. The molecule has 0 saturated carbocycles. The summed E-state index contributed by atoms with van der Waals surface area (Å²) in [6.45, 7) is 0. The lowest BCUT2D eigenvalue weighted by atomic mass is 10.1. The van der Waals surface area contributed by atoms with Crippen molar-refractivity contribution in [3.05, 3.63) is 66.2 Å². The van der Waals surface area contributed by atoms with E-state index in [1.165, 1.54) is 48.7 Å². The van der Waals surface area contributed by atoms with Gasteiger partial charge in [0, 0.05) is 28.0 Å². The number of fused-ring (bicyclic) bond motifs is 1. The zero-order valence-corrected chi connectivity index (χ0v) is 18.5. The SMILES string of the molecule is Nc1ccc(N=Nc2ccc(S(=O)(=O)Nc3nccs3)cc2)c2cc(S(=O)(=O)O)ccc12. The second-order valence-corrected chi connectivity index (χ2v) is 10.5. The van der Waals surface area contributed by atoms with E-state index in [0.29, 0.717) is 27.8 Å². The molecule has 3 aromatic carbocycles. The molecule has 164 valence electrons. The number of azo groups is 1. The lowest BCUT2D eigenvalue weighted by Gasteiger charge is -2.07. The number of aromatic nitrogens is 1. The summed E-state index contributed by atoms with van der Waals surface area (Å²) in [4.78, 5) is 3.63. The highest BCUT2D eigenvalue weighted by molar-refractivity contribution is 7.93. The van der Waals surface area contributed by atoms with Crippen LogP contribution in [0.1, 0.15) is 0 Å². The summed E-state index contributed by atoms with van der Waals surface area (Å²) in [7, 11) is -8.20. The van der Waals surface area contributed by atoms with E-state index < -0.39 is 20.1 Å². The molecule has 13 heteroatoms. The zero-order chi connectivity index (χ0) is 22.9. The van der Waals surface area contributed by atoms with Crippen molar-refractivity contribution >= 4 is 64.4 Å². The average Bonchev–Trinajstić information content (AvgIpc) is 3.25. The van der Waals surface area contributed by atoms with Gasteiger partial charge >= 0.3 is 0 Å². The molecular weight excluding hydrogens is 474 g/mol. The number of nitrogen functional groups attached to an aromatic ring is 1. The Bertz CT molecular complexity index is 1530. The summed E-state index contributed by atoms with van der Waals surface area (Å²) in [5, 5.41) is 11.1. The Hall–Kier alpha value is -3.39. The summed E-state index contributed by atoms with van der Waals surface area (Å²) >= 11 is 1.16. The fourth-order valence-corrected chi connectivity index (χ4v) is 5.13. The van der Waals surface area contributed by atoms with E-state index in [-0.39, 0.29) is 14.9 Å². The minimum absolute atomic E-state index is 0.0300. The van der Waals surface area contributed by atoms with Gasteiger partial charge in [0.2, 0.25) is 0 Å². The highest BCUT2D eigenvalue weighted by atomic mass is 32.2. The van der Waals surface area contributed by atoms with Crippen LogP contribution in [-0.2, 0) is 20.1 Å². The van der Waals surface area contributed by atoms with Crippen LogP contribution in [0.25, 0.3) is 10.8 Å². The first kappa shape index (κ1) is 21.8. The van der Waals surface area contributed by atoms with E-state index in [0.717, 1.165) is 11.3 Å². The zero-order valence-electron chi connectivity index (χ0n) is 16.1. The van der Waals surface area contributed by atoms with Crippen LogP contribution in [0, 0.1) is 0 Å². The Balaban J connectivity index is 1.64. The average molecular weight is 490 g/mol. The summed E-state index contributed by atoms with van der Waals surface area (Å²) < 4.78 is 59.5. The summed E-state index contributed by atoms with van der Waals surface area (Å²) in [5.41, 5.74) is 7.04. The molecule has 0 atom stereocenters. The van der Waals surface area contributed by atoms with E-state index in [9.17, 15) is 21.4 Å². The second-order valence-electron chi connectivity index (χ2n) is 6.49. The molecule has 0 bridgehead atoms. The summed E-state index contributed by atoms with van der Waals surface area (Å²) in [5.74, 6) is 0. The lowest BCUT2D eigenvalue weighted by Crippen LogP contribution is -2.12. The van der Waals surface area contributed by atoms with Gasteiger partial charge < -0.3 is 5.73 Å². The van der Waals surface area contributed by atoms with Crippen molar-refractivity contribution in [2.75, 3.05) is 10.5 Å². The number of benzene rings is 3. The van der Waals surface area contributed by atoms with Crippen LogP contribution in [0.15, 0.2) is 86.2 Å². The van der Waals surface area contributed by atoms with Gasteiger partial charge in [-0.05, 0) is 48.5 Å². The molecule has 32 heavy (non-hydrogen) atoms. The summed E-state index contributed by atoms with van der Waals surface area (Å²) in [6.07, 6.45) is 1.49. The third kappa shape index (κ3) is 4.60. The molecule has 0 aliphatic rings. The van der Waals surface area contributed by atoms with Crippen molar-refractivity contribution in [3.8, 4) is 0 Å². The van der Waals surface area contributed by atoms with Gasteiger partial charge in [0.1, 0.15) is 0 Å². The van der Waals surface area contributed by atoms with Crippen LogP contribution in [0.4, 0.5) is 22.2 Å². The number of thiazole rings is 1. The number of hydrogen-bond acceptors (Lipinski definition) is 9. The first-order valence-electron chi connectivity index (χ1n) is 8.87. The number of nitrogens with two attached hydrogens (primary N) is 1. The van der Waals surface area contributed by atoms with E-state index in [4.69, 9.17) is 5.73 Å². The molecule has 0 aliphatic heterocycles. The van der Waals surface area contributed by atoms with Gasteiger partial charge in [0.15, 0.2) is 5.13 Å². The van der Waals surface area contributed by atoms with E-state index in [2.05, 4.69) is 19.9 Å². The molecule has 0 fully saturated rings. The number of nitrogens with zero attached hydrogens (tertiary/aromatic N) is 3. The van der Waals surface area contributed by atoms with Crippen LogP contribution in [0.3, 0.4) is 0 Å². The first-order valence-corrected chi connectivity index (χ1v) is 12.7. The third-order valence-corrected chi connectivity index (χ3v) is 7.39. The largest absolute Gasteiger partial charge is 0.398 e. The number of hydrogen-bond donors (Lipinski definition) is 3. The molecule has 0 spiro atoms. The first-order chi connectivity index (χ1) is 15.1. The molecule has 0 saturated heterocycles. The van der Waals surface area contributed by atoms with Crippen LogP contribution >= 0.6 is 11.3 Å². The Labute approximate surface area is 187 Å². The lowest BCUT2D eigenvalue weighted by molar-refractivity contribution is 0.483. The van der Waals surface area contributed by atoms with Crippen molar-refractivity contribution in [2.24, 2.45) is 10.2 Å². The fourth-order valence-electron chi connectivity index (χ4n) is 2.83. The van der Waals surface area contributed by atoms with Crippen molar-refractivity contribution in [3.63, 3.8) is 0 Å². The standard InChI is InChI=1S/C19H15N5O5S3/c20-17-7-8-18(16-11-14(32(27,28)29)5-6-15(16)17)23-22-12-1-3-13(4-2-12)31(25,26)24-19-21-9-10-30-19/h1-11H,20H2,(H,21,24)(H,27,28,29). The van der Waals surface area contributed by atoms with Gasteiger partial charge in [-0.25, -0.2) is 13.4 Å². The Morgan fingerprint density at radius 3 is 2.28 bits per heavy atom. The van der Waals surface area contributed by atoms with Crippen molar-refractivity contribution < 1.29 is 21.4 Å². The van der Waals surface area contributed by atoms with Gasteiger partial charge in [-0.1, -0.05) is 6.07 Å². The molecule has 1 aromatic heterocycles. The van der Waals surface area contributed by atoms with E-state index in [1.54, 1.807) is 17.5 Å². The fraction of sp³-hybridized carbons (Fsp3) is 0. The number of rotatable bonds is 6.